The highest BCUT2D eigenvalue weighted by Gasteiger charge is 2.33. The molecule has 2 atom stereocenters. The summed E-state index contributed by atoms with van der Waals surface area (Å²) in [6.45, 7) is 6.48. The van der Waals surface area contributed by atoms with Gasteiger partial charge in [-0.15, -0.1) is 0 Å². The number of hydrogen-bond acceptors (Lipinski definition) is 2. The molecular weight excluding hydrogens is 294 g/mol. The van der Waals surface area contributed by atoms with Crippen molar-refractivity contribution in [1.82, 2.24) is 4.98 Å². The lowest BCUT2D eigenvalue weighted by Gasteiger charge is -2.32. The predicted octanol–water partition coefficient (Wildman–Crippen LogP) is 5.42. The molecule has 0 radical (unpaired) electrons. The van der Waals surface area contributed by atoms with E-state index in [4.69, 9.17) is 4.98 Å². The summed E-state index contributed by atoms with van der Waals surface area (Å²) < 4.78 is 0. The standard InChI is InChI=1S/C22H27NO/c1-4-10-16(5-2)19-14-13-17-11-8-6-7-9-12-18-20(21(17)23-19)15(3)22(18)24/h7-9,11-14,16,22,24H,4-6,10H2,1-3H3/b9-7-,11-8-,18-12+. The van der Waals surface area contributed by atoms with Gasteiger partial charge in [0.05, 0.1) is 5.69 Å². The number of aromatic nitrogens is 1. The van der Waals surface area contributed by atoms with Crippen LogP contribution in [-0.4, -0.2) is 16.2 Å². The van der Waals surface area contributed by atoms with Crippen molar-refractivity contribution in [3.05, 3.63) is 64.5 Å². The third-order valence-electron chi connectivity index (χ3n) is 5.10. The summed E-state index contributed by atoms with van der Waals surface area (Å²) in [5, 5.41) is 10.3. The zero-order valence-electron chi connectivity index (χ0n) is 14.9. The van der Waals surface area contributed by atoms with E-state index in [0.29, 0.717) is 5.92 Å². The van der Waals surface area contributed by atoms with Gasteiger partial charge in [-0.1, -0.05) is 56.7 Å². The maximum absolute atomic E-state index is 10.3. The van der Waals surface area contributed by atoms with Crippen LogP contribution in [0.4, 0.5) is 0 Å². The molecule has 2 nitrogen and oxygen atoms in total. The molecule has 2 aliphatic rings. The van der Waals surface area contributed by atoms with E-state index < -0.39 is 6.10 Å². The van der Waals surface area contributed by atoms with Crippen molar-refractivity contribution in [1.29, 1.82) is 0 Å². The molecule has 24 heavy (non-hydrogen) atoms. The predicted molar refractivity (Wildman–Crippen MR) is 102 cm³/mol. The van der Waals surface area contributed by atoms with Gasteiger partial charge in [0.15, 0.2) is 0 Å². The minimum Gasteiger partial charge on any atom is -0.384 e. The molecule has 0 saturated carbocycles. The zero-order valence-corrected chi connectivity index (χ0v) is 14.9. The molecule has 2 aliphatic carbocycles. The van der Waals surface area contributed by atoms with Crippen LogP contribution < -0.4 is 0 Å². The SMILES string of the molecule is CCCC(CC)c1ccc2c(n1)C1=C(C)C(O)/C1=C/C=C\C/C=C\2. The quantitative estimate of drug-likeness (QED) is 0.803. The van der Waals surface area contributed by atoms with E-state index in [-0.39, 0.29) is 0 Å². The second kappa shape index (κ2) is 7.31. The highest BCUT2D eigenvalue weighted by atomic mass is 16.3. The van der Waals surface area contributed by atoms with E-state index in [9.17, 15) is 5.11 Å². The number of pyridine rings is 1. The molecular formula is C22H27NO. The lowest BCUT2D eigenvalue weighted by Crippen LogP contribution is -2.26. The molecule has 2 unspecified atom stereocenters. The van der Waals surface area contributed by atoms with Crippen molar-refractivity contribution in [3.8, 4) is 0 Å². The first kappa shape index (κ1) is 16.9. The summed E-state index contributed by atoms with van der Waals surface area (Å²) in [5.74, 6) is 0.512. The van der Waals surface area contributed by atoms with Crippen LogP contribution in [0.2, 0.25) is 0 Å². The van der Waals surface area contributed by atoms with E-state index in [2.05, 4.69) is 44.2 Å². The molecule has 0 saturated heterocycles. The van der Waals surface area contributed by atoms with Crippen LogP contribution in [-0.2, 0) is 0 Å². The summed E-state index contributed by atoms with van der Waals surface area (Å²) in [7, 11) is 0. The van der Waals surface area contributed by atoms with Crippen LogP contribution in [0.3, 0.4) is 0 Å². The average Bonchev–Trinajstić information content (AvgIpc) is 2.61. The molecule has 3 rings (SSSR count). The summed E-state index contributed by atoms with van der Waals surface area (Å²) in [5.41, 5.74) is 6.50. The van der Waals surface area contributed by atoms with Gasteiger partial charge >= 0.3 is 0 Å². The Labute approximate surface area is 145 Å². The van der Waals surface area contributed by atoms with Crippen molar-refractivity contribution in [2.24, 2.45) is 0 Å². The molecule has 0 fully saturated rings. The monoisotopic (exact) mass is 321 g/mol. The fraction of sp³-hybridized carbons (Fsp3) is 0.409. The zero-order chi connectivity index (χ0) is 17.1. The second-order valence-corrected chi connectivity index (χ2v) is 6.72. The number of allylic oxidation sites excluding steroid dienone is 4. The second-order valence-electron chi connectivity index (χ2n) is 6.72. The summed E-state index contributed by atoms with van der Waals surface area (Å²) >= 11 is 0. The largest absolute Gasteiger partial charge is 0.384 e. The fourth-order valence-corrected chi connectivity index (χ4v) is 3.64. The van der Waals surface area contributed by atoms with Crippen LogP contribution in [0, 0.1) is 0 Å². The van der Waals surface area contributed by atoms with E-state index >= 15 is 0 Å². The van der Waals surface area contributed by atoms with Gasteiger partial charge in [-0.05, 0) is 43.4 Å². The molecule has 0 bridgehead atoms. The molecule has 1 aromatic rings. The normalized spacial score (nSPS) is 25.7. The maximum Gasteiger partial charge on any atom is 0.101 e. The van der Waals surface area contributed by atoms with Crippen molar-refractivity contribution >= 4 is 11.6 Å². The molecule has 126 valence electrons. The Morgan fingerprint density at radius 3 is 2.83 bits per heavy atom. The van der Waals surface area contributed by atoms with Gasteiger partial charge in [0.1, 0.15) is 6.10 Å². The molecule has 0 spiro atoms. The van der Waals surface area contributed by atoms with Gasteiger partial charge in [0, 0.05) is 22.7 Å². The first-order valence-electron chi connectivity index (χ1n) is 9.11. The van der Waals surface area contributed by atoms with Gasteiger partial charge < -0.3 is 5.11 Å². The molecule has 0 aromatic carbocycles. The molecule has 1 N–H and O–H groups in total. The lowest BCUT2D eigenvalue weighted by atomic mass is 9.77. The van der Waals surface area contributed by atoms with E-state index in [1.807, 2.05) is 19.1 Å². The highest BCUT2D eigenvalue weighted by Crippen LogP contribution is 2.43. The highest BCUT2D eigenvalue weighted by molar-refractivity contribution is 5.92. The summed E-state index contributed by atoms with van der Waals surface area (Å²) in [6, 6.07) is 4.38. The van der Waals surface area contributed by atoms with Gasteiger partial charge in [0.25, 0.3) is 0 Å². The molecule has 1 heterocycles. The van der Waals surface area contributed by atoms with Crippen LogP contribution in [0.15, 0.2) is 47.6 Å². The molecule has 0 amide bonds. The van der Waals surface area contributed by atoms with Crippen molar-refractivity contribution in [2.75, 3.05) is 0 Å². The number of aliphatic hydroxyl groups is 1. The van der Waals surface area contributed by atoms with Gasteiger partial charge in [-0.3, -0.25) is 4.98 Å². The smallest absolute Gasteiger partial charge is 0.101 e. The first-order chi connectivity index (χ1) is 11.7. The van der Waals surface area contributed by atoms with Gasteiger partial charge in [-0.25, -0.2) is 0 Å². The van der Waals surface area contributed by atoms with Gasteiger partial charge in [0.2, 0.25) is 0 Å². The Bertz CT molecular complexity index is 736. The number of nitrogens with zero attached hydrogens (tertiary/aromatic N) is 1. The van der Waals surface area contributed by atoms with Crippen LogP contribution in [0.5, 0.6) is 0 Å². The minimum atomic E-state index is -0.455. The van der Waals surface area contributed by atoms with Crippen LogP contribution in [0.25, 0.3) is 11.6 Å². The van der Waals surface area contributed by atoms with Gasteiger partial charge in [-0.2, -0.15) is 0 Å². The molecule has 0 aliphatic heterocycles. The van der Waals surface area contributed by atoms with Crippen LogP contribution >= 0.6 is 0 Å². The third kappa shape index (κ3) is 3.03. The minimum absolute atomic E-state index is 0.455. The van der Waals surface area contributed by atoms with E-state index in [0.717, 1.165) is 40.8 Å². The molecule has 1 aromatic heterocycles. The summed E-state index contributed by atoms with van der Waals surface area (Å²) in [4.78, 5) is 5.06. The fourth-order valence-electron chi connectivity index (χ4n) is 3.64. The Morgan fingerprint density at radius 1 is 1.25 bits per heavy atom. The van der Waals surface area contributed by atoms with E-state index in [1.165, 1.54) is 18.5 Å². The Morgan fingerprint density at radius 2 is 2.08 bits per heavy atom. The lowest BCUT2D eigenvalue weighted by molar-refractivity contribution is 0.241. The molecule has 2 heteroatoms. The van der Waals surface area contributed by atoms with Crippen molar-refractivity contribution < 1.29 is 5.11 Å². The Kier molecular flexibility index (Phi) is 5.15. The van der Waals surface area contributed by atoms with Crippen molar-refractivity contribution in [3.63, 3.8) is 0 Å². The number of aliphatic hydroxyl groups excluding tert-OH is 1. The Balaban J connectivity index is 2.13. The Hall–Kier alpha value is -1.93. The number of rotatable bonds is 4. The average molecular weight is 321 g/mol. The topological polar surface area (TPSA) is 33.1 Å². The number of fused-ring (bicyclic) bond motifs is 3. The van der Waals surface area contributed by atoms with Crippen molar-refractivity contribution in [2.45, 2.75) is 58.5 Å². The maximum atomic E-state index is 10.3. The van der Waals surface area contributed by atoms with Crippen LogP contribution in [0.1, 0.15) is 69.3 Å². The third-order valence-corrected chi connectivity index (χ3v) is 5.10. The first-order valence-corrected chi connectivity index (χ1v) is 9.11. The van der Waals surface area contributed by atoms with E-state index in [1.54, 1.807) is 0 Å². The summed E-state index contributed by atoms with van der Waals surface area (Å²) in [6.07, 6.45) is 14.4. The number of hydrogen-bond donors (Lipinski definition) is 1.